The average Bonchev–Trinajstić information content (AvgIpc) is 2.63. The van der Waals surface area contributed by atoms with E-state index in [-0.39, 0.29) is 23.8 Å². The van der Waals surface area contributed by atoms with Gasteiger partial charge in [0.2, 0.25) is 5.91 Å². The number of amides is 1. The predicted molar refractivity (Wildman–Crippen MR) is 76.5 cm³/mol. The third-order valence-corrected chi connectivity index (χ3v) is 5.39. The van der Waals surface area contributed by atoms with Crippen LogP contribution in [0.4, 0.5) is 0 Å². The van der Waals surface area contributed by atoms with Crippen LogP contribution in [0.3, 0.4) is 0 Å². The molecule has 1 aliphatic rings. The fraction of sp³-hybridized carbons (Fsp3) is 0.500. The van der Waals surface area contributed by atoms with Crippen LogP contribution in [0.5, 0.6) is 5.75 Å². The minimum Gasteiger partial charge on any atom is -0.496 e. The molecule has 1 atom stereocenters. The molecule has 1 aromatic rings. The summed E-state index contributed by atoms with van der Waals surface area (Å²) in [4.78, 5) is 12.1. The standard InChI is InChI=1S/C14H19NO4S/c1-14(7-8-20(17,18)10-14)15-13(16)9-11-5-3-4-6-12(11)19-2/h3-6H,7-10H2,1-2H3,(H,15,16). The Bertz CT molecular complexity index is 611. The molecule has 5 nitrogen and oxygen atoms in total. The largest absolute Gasteiger partial charge is 0.496 e. The molecule has 0 spiro atoms. The Kier molecular flexibility index (Phi) is 4.04. The van der Waals surface area contributed by atoms with Crippen molar-refractivity contribution < 1.29 is 17.9 Å². The van der Waals surface area contributed by atoms with Crippen molar-refractivity contribution in [2.75, 3.05) is 18.6 Å². The number of carbonyl (C=O) groups excluding carboxylic acids is 1. The van der Waals surface area contributed by atoms with Gasteiger partial charge in [-0.2, -0.15) is 0 Å². The Morgan fingerprint density at radius 2 is 2.10 bits per heavy atom. The zero-order valence-electron chi connectivity index (χ0n) is 11.7. The van der Waals surface area contributed by atoms with Gasteiger partial charge in [-0.1, -0.05) is 18.2 Å². The minimum absolute atomic E-state index is 0.0116. The molecule has 2 rings (SSSR count). The molecule has 0 aliphatic carbocycles. The number of ether oxygens (including phenoxy) is 1. The molecular formula is C14H19NO4S. The normalized spacial score (nSPS) is 24.3. The summed E-state index contributed by atoms with van der Waals surface area (Å²) in [6.07, 6.45) is 0.645. The number of para-hydroxylation sites is 1. The van der Waals surface area contributed by atoms with Gasteiger partial charge in [0, 0.05) is 5.56 Å². The second kappa shape index (κ2) is 5.44. The zero-order valence-corrected chi connectivity index (χ0v) is 12.5. The van der Waals surface area contributed by atoms with E-state index >= 15 is 0 Å². The number of nitrogens with one attached hydrogen (secondary N) is 1. The molecule has 110 valence electrons. The maximum absolute atomic E-state index is 12.1. The second-order valence-electron chi connectivity index (χ2n) is 5.44. The van der Waals surface area contributed by atoms with E-state index < -0.39 is 15.4 Å². The van der Waals surface area contributed by atoms with Crippen molar-refractivity contribution in [1.82, 2.24) is 5.32 Å². The number of hydrogen-bond acceptors (Lipinski definition) is 4. The molecule has 20 heavy (non-hydrogen) atoms. The quantitative estimate of drug-likeness (QED) is 0.897. The Labute approximate surface area is 119 Å². The molecule has 1 fully saturated rings. The number of rotatable bonds is 4. The molecular weight excluding hydrogens is 278 g/mol. The van der Waals surface area contributed by atoms with Gasteiger partial charge in [-0.25, -0.2) is 8.42 Å². The Balaban J connectivity index is 2.03. The number of hydrogen-bond donors (Lipinski definition) is 1. The first-order chi connectivity index (χ1) is 9.34. The van der Waals surface area contributed by atoms with Crippen LogP contribution >= 0.6 is 0 Å². The van der Waals surface area contributed by atoms with E-state index in [9.17, 15) is 13.2 Å². The van der Waals surface area contributed by atoms with Gasteiger partial charge >= 0.3 is 0 Å². The zero-order chi connectivity index (χ0) is 14.8. The van der Waals surface area contributed by atoms with E-state index in [1.54, 1.807) is 20.1 Å². The maximum atomic E-state index is 12.1. The van der Waals surface area contributed by atoms with Crippen LogP contribution in [0.15, 0.2) is 24.3 Å². The van der Waals surface area contributed by atoms with Crippen LogP contribution in [0.2, 0.25) is 0 Å². The molecule has 1 unspecified atom stereocenters. The smallest absolute Gasteiger partial charge is 0.225 e. The first kappa shape index (κ1) is 14.8. The highest BCUT2D eigenvalue weighted by Gasteiger charge is 2.39. The van der Waals surface area contributed by atoms with Gasteiger partial charge < -0.3 is 10.1 Å². The van der Waals surface area contributed by atoms with E-state index in [2.05, 4.69) is 5.32 Å². The van der Waals surface area contributed by atoms with Gasteiger partial charge in [0.25, 0.3) is 0 Å². The van der Waals surface area contributed by atoms with Gasteiger partial charge in [-0.05, 0) is 19.4 Å². The van der Waals surface area contributed by atoms with Crippen LogP contribution in [0, 0.1) is 0 Å². The minimum atomic E-state index is -3.02. The molecule has 1 saturated heterocycles. The molecule has 1 aliphatic heterocycles. The third-order valence-electron chi connectivity index (χ3n) is 3.49. The first-order valence-corrected chi connectivity index (χ1v) is 8.29. The first-order valence-electron chi connectivity index (χ1n) is 6.47. The highest BCUT2D eigenvalue weighted by Crippen LogP contribution is 2.23. The lowest BCUT2D eigenvalue weighted by atomic mass is 10.0. The summed E-state index contributed by atoms with van der Waals surface area (Å²) >= 11 is 0. The van der Waals surface area contributed by atoms with Crippen molar-refractivity contribution in [3.8, 4) is 5.75 Å². The summed E-state index contributed by atoms with van der Waals surface area (Å²) in [5.74, 6) is 0.622. The summed E-state index contributed by atoms with van der Waals surface area (Å²) in [6.45, 7) is 1.78. The van der Waals surface area contributed by atoms with Crippen LogP contribution in [0.25, 0.3) is 0 Å². The summed E-state index contributed by atoms with van der Waals surface area (Å²) < 4.78 is 28.2. The number of sulfone groups is 1. The Morgan fingerprint density at radius 3 is 2.70 bits per heavy atom. The van der Waals surface area contributed by atoms with Crippen LogP contribution in [-0.4, -0.2) is 38.5 Å². The topological polar surface area (TPSA) is 72.5 Å². The summed E-state index contributed by atoms with van der Waals surface area (Å²) in [7, 11) is -1.47. The lowest BCUT2D eigenvalue weighted by molar-refractivity contribution is -0.121. The van der Waals surface area contributed by atoms with Gasteiger partial charge in [0.15, 0.2) is 9.84 Å². The van der Waals surface area contributed by atoms with Crippen molar-refractivity contribution in [1.29, 1.82) is 0 Å². The lowest BCUT2D eigenvalue weighted by Gasteiger charge is -2.24. The van der Waals surface area contributed by atoms with Crippen molar-refractivity contribution in [2.45, 2.75) is 25.3 Å². The molecule has 1 heterocycles. The fourth-order valence-corrected chi connectivity index (χ4v) is 4.60. The Morgan fingerprint density at radius 1 is 1.40 bits per heavy atom. The molecule has 1 aromatic carbocycles. The van der Waals surface area contributed by atoms with E-state index in [1.807, 2.05) is 18.2 Å². The Hall–Kier alpha value is -1.56. The van der Waals surface area contributed by atoms with Crippen LogP contribution in [0.1, 0.15) is 18.9 Å². The van der Waals surface area contributed by atoms with Gasteiger partial charge in [-0.15, -0.1) is 0 Å². The maximum Gasteiger partial charge on any atom is 0.225 e. The van der Waals surface area contributed by atoms with Crippen LogP contribution in [-0.2, 0) is 21.1 Å². The lowest BCUT2D eigenvalue weighted by Crippen LogP contribution is -2.47. The van der Waals surface area contributed by atoms with Crippen LogP contribution < -0.4 is 10.1 Å². The molecule has 0 radical (unpaired) electrons. The predicted octanol–water partition coefficient (Wildman–Crippen LogP) is 0.931. The number of methoxy groups -OCH3 is 1. The summed E-state index contributed by atoms with van der Waals surface area (Å²) in [5, 5.41) is 2.84. The molecule has 1 N–H and O–H groups in total. The SMILES string of the molecule is COc1ccccc1CC(=O)NC1(C)CCS(=O)(=O)C1. The van der Waals surface area contributed by atoms with Gasteiger partial charge in [0.1, 0.15) is 5.75 Å². The highest BCUT2D eigenvalue weighted by atomic mass is 32.2. The number of benzene rings is 1. The van der Waals surface area contributed by atoms with Crippen molar-refractivity contribution >= 4 is 15.7 Å². The molecule has 0 aromatic heterocycles. The third kappa shape index (κ3) is 3.50. The van der Waals surface area contributed by atoms with E-state index in [0.717, 1.165) is 5.56 Å². The monoisotopic (exact) mass is 297 g/mol. The molecule has 1 amide bonds. The molecule has 0 saturated carbocycles. The van der Waals surface area contributed by atoms with Crippen molar-refractivity contribution in [3.63, 3.8) is 0 Å². The van der Waals surface area contributed by atoms with E-state index in [0.29, 0.717) is 12.2 Å². The van der Waals surface area contributed by atoms with Crippen molar-refractivity contribution in [2.24, 2.45) is 0 Å². The summed E-state index contributed by atoms with van der Waals surface area (Å²) in [5.41, 5.74) is 0.134. The molecule has 0 bridgehead atoms. The van der Waals surface area contributed by atoms with Gasteiger partial charge in [-0.3, -0.25) is 4.79 Å². The second-order valence-corrected chi connectivity index (χ2v) is 7.62. The fourth-order valence-electron chi connectivity index (χ4n) is 2.51. The average molecular weight is 297 g/mol. The number of carbonyl (C=O) groups is 1. The highest BCUT2D eigenvalue weighted by molar-refractivity contribution is 7.91. The molecule has 6 heteroatoms. The van der Waals surface area contributed by atoms with Crippen molar-refractivity contribution in [3.05, 3.63) is 29.8 Å². The van der Waals surface area contributed by atoms with E-state index in [4.69, 9.17) is 4.74 Å². The van der Waals surface area contributed by atoms with Gasteiger partial charge in [0.05, 0.1) is 30.6 Å². The van der Waals surface area contributed by atoms with E-state index in [1.165, 1.54) is 0 Å². The summed E-state index contributed by atoms with van der Waals surface area (Å²) in [6, 6.07) is 7.30.